The van der Waals surface area contributed by atoms with E-state index in [4.69, 9.17) is 18.0 Å². The van der Waals surface area contributed by atoms with Crippen LogP contribution in [0.4, 0.5) is 4.39 Å². The summed E-state index contributed by atoms with van der Waals surface area (Å²) in [6.45, 7) is 2.31. The molecule has 0 saturated heterocycles. The zero-order chi connectivity index (χ0) is 15.0. The number of aromatic nitrogens is 2. The van der Waals surface area contributed by atoms with Crippen LogP contribution in [-0.4, -0.2) is 14.5 Å². The largest absolute Gasteiger partial charge is 0.389 e. The van der Waals surface area contributed by atoms with Gasteiger partial charge in [-0.2, -0.15) is 0 Å². The number of fused-ring (bicyclic) bond motifs is 1. The van der Waals surface area contributed by atoms with Gasteiger partial charge >= 0.3 is 0 Å². The second kappa shape index (κ2) is 5.26. The van der Waals surface area contributed by atoms with Gasteiger partial charge in [0.1, 0.15) is 16.6 Å². The highest BCUT2D eigenvalue weighted by Gasteiger charge is 2.13. The van der Waals surface area contributed by atoms with Crippen molar-refractivity contribution >= 4 is 28.2 Å². The van der Waals surface area contributed by atoms with E-state index in [2.05, 4.69) is 4.98 Å². The predicted octanol–water partition coefficient (Wildman–Crippen LogP) is 3.17. The summed E-state index contributed by atoms with van der Waals surface area (Å²) in [5.74, 6) is 0.485. The molecule has 0 saturated carbocycles. The van der Waals surface area contributed by atoms with Crippen LogP contribution in [0.5, 0.6) is 0 Å². The molecule has 106 valence electrons. The first kappa shape index (κ1) is 13.7. The zero-order valence-electron chi connectivity index (χ0n) is 11.5. The fraction of sp³-hybridized carbons (Fsp3) is 0.125. The van der Waals surface area contributed by atoms with E-state index >= 15 is 0 Å². The third-order valence-electron chi connectivity index (χ3n) is 3.52. The van der Waals surface area contributed by atoms with Crippen molar-refractivity contribution in [2.24, 2.45) is 5.73 Å². The maximum absolute atomic E-state index is 14.4. The van der Waals surface area contributed by atoms with Crippen molar-refractivity contribution in [3.05, 3.63) is 65.2 Å². The van der Waals surface area contributed by atoms with E-state index < -0.39 is 0 Å². The van der Waals surface area contributed by atoms with Crippen molar-refractivity contribution < 1.29 is 4.39 Å². The van der Waals surface area contributed by atoms with Crippen molar-refractivity contribution in [2.45, 2.75) is 13.5 Å². The predicted molar refractivity (Wildman–Crippen MR) is 85.9 cm³/mol. The molecule has 1 aromatic heterocycles. The van der Waals surface area contributed by atoms with Gasteiger partial charge in [0.15, 0.2) is 0 Å². The van der Waals surface area contributed by atoms with Gasteiger partial charge in [-0.05, 0) is 25.1 Å². The van der Waals surface area contributed by atoms with Gasteiger partial charge in [-0.25, -0.2) is 9.37 Å². The third-order valence-corrected chi connectivity index (χ3v) is 3.74. The average molecular weight is 299 g/mol. The monoisotopic (exact) mass is 299 g/mol. The van der Waals surface area contributed by atoms with Crippen molar-refractivity contribution in [1.82, 2.24) is 9.55 Å². The molecule has 0 radical (unpaired) electrons. The van der Waals surface area contributed by atoms with Gasteiger partial charge in [0.2, 0.25) is 0 Å². The van der Waals surface area contributed by atoms with E-state index in [1.807, 2.05) is 35.8 Å². The summed E-state index contributed by atoms with van der Waals surface area (Å²) in [5, 5.41) is 0. The number of benzene rings is 2. The van der Waals surface area contributed by atoms with Gasteiger partial charge in [0.05, 0.1) is 17.6 Å². The lowest BCUT2D eigenvalue weighted by Crippen LogP contribution is -2.14. The van der Waals surface area contributed by atoms with Crippen molar-refractivity contribution in [3.8, 4) is 0 Å². The maximum Gasteiger partial charge on any atom is 0.138 e. The van der Waals surface area contributed by atoms with Crippen LogP contribution in [0.25, 0.3) is 11.0 Å². The number of imidazole rings is 1. The number of nitrogens with zero attached hydrogens (tertiary/aromatic N) is 2. The second-order valence-corrected chi connectivity index (χ2v) is 5.32. The molecule has 0 unspecified atom stereocenters. The molecule has 21 heavy (non-hydrogen) atoms. The molecular formula is C16H14FN3S. The van der Waals surface area contributed by atoms with E-state index in [0.29, 0.717) is 12.1 Å². The normalized spacial score (nSPS) is 11.0. The van der Waals surface area contributed by atoms with Gasteiger partial charge in [-0.15, -0.1) is 0 Å². The smallest absolute Gasteiger partial charge is 0.138 e. The molecule has 3 nitrogen and oxygen atoms in total. The number of hydrogen-bond acceptors (Lipinski definition) is 2. The van der Waals surface area contributed by atoms with E-state index in [9.17, 15) is 4.39 Å². The zero-order valence-corrected chi connectivity index (χ0v) is 12.3. The molecular weight excluding hydrogens is 285 g/mol. The number of hydrogen-bond donors (Lipinski definition) is 1. The number of rotatable bonds is 3. The Labute approximate surface area is 127 Å². The van der Waals surface area contributed by atoms with Crippen molar-refractivity contribution in [2.75, 3.05) is 0 Å². The van der Waals surface area contributed by atoms with E-state index in [1.165, 1.54) is 0 Å². The first-order valence-corrected chi connectivity index (χ1v) is 6.98. The molecule has 0 fully saturated rings. The highest BCUT2D eigenvalue weighted by Crippen LogP contribution is 2.20. The fourth-order valence-electron chi connectivity index (χ4n) is 2.46. The molecule has 0 bridgehead atoms. The van der Waals surface area contributed by atoms with Crippen LogP contribution in [0, 0.1) is 12.7 Å². The van der Waals surface area contributed by atoms with Gasteiger partial charge in [0.25, 0.3) is 0 Å². The molecule has 5 heteroatoms. The Kier molecular flexibility index (Phi) is 3.43. The van der Waals surface area contributed by atoms with Gasteiger partial charge in [-0.1, -0.05) is 36.5 Å². The Balaban J connectivity index is 2.09. The minimum atomic E-state index is -0.359. The molecule has 0 aliphatic heterocycles. The van der Waals surface area contributed by atoms with Gasteiger partial charge < -0.3 is 10.3 Å². The second-order valence-electron chi connectivity index (χ2n) is 4.88. The molecule has 1 heterocycles. The fourth-order valence-corrected chi connectivity index (χ4v) is 2.62. The van der Waals surface area contributed by atoms with E-state index in [-0.39, 0.29) is 16.4 Å². The summed E-state index contributed by atoms with van der Waals surface area (Å²) in [4.78, 5) is 4.56. The van der Waals surface area contributed by atoms with Crippen LogP contribution in [0.1, 0.15) is 17.0 Å². The van der Waals surface area contributed by atoms with Gasteiger partial charge in [0, 0.05) is 11.1 Å². The Morgan fingerprint density at radius 1 is 1.24 bits per heavy atom. The Morgan fingerprint density at radius 3 is 2.76 bits per heavy atom. The molecule has 2 N–H and O–H groups in total. The number of aryl methyl sites for hydroxylation is 1. The molecule has 0 amide bonds. The van der Waals surface area contributed by atoms with Crippen LogP contribution in [0.15, 0.2) is 42.5 Å². The number of nitrogens with two attached hydrogens (primary N) is 1. The minimum absolute atomic E-state index is 0.0709. The number of halogens is 1. The lowest BCUT2D eigenvalue weighted by atomic mass is 10.1. The summed E-state index contributed by atoms with van der Waals surface area (Å²) in [7, 11) is 0. The van der Waals surface area contributed by atoms with Crippen LogP contribution in [-0.2, 0) is 6.54 Å². The summed E-state index contributed by atoms with van der Waals surface area (Å²) in [5.41, 5.74) is 8.26. The van der Waals surface area contributed by atoms with Crippen molar-refractivity contribution in [3.63, 3.8) is 0 Å². The summed E-state index contributed by atoms with van der Waals surface area (Å²) in [6.07, 6.45) is 0. The lowest BCUT2D eigenvalue weighted by molar-refractivity contribution is 0.597. The lowest BCUT2D eigenvalue weighted by Gasteiger charge is -2.10. The highest BCUT2D eigenvalue weighted by atomic mass is 32.1. The Hall–Kier alpha value is -2.27. The summed E-state index contributed by atoms with van der Waals surface area (Å²) < 4.78 is 16.4. The SMILES string of the molecule is Cc1nc2ccccc2n1Cc1cccc(C(N)=S)c1F. The maximum atomic E-state index is 14.4. The van der Waals surface area contributed by atoms with Crippen LogP contribution < -0.4 is 5.73 Å². The summed E-state index contributed by atoms with van der Waals surface area (Å²) in [6, 6.07) is 12.9. The van der Waals surface area contributed by atoms with E-state index in [0.717, 1.165) is 16.9 Å². The summed E-state index contributed by atoms with van der Waals surface area (Å²) >= 11 is 4.88. The minimum Gasteiger partial charge on any atom is -0.389 e. The highest BCUT2D eigenvalue weighted by molar-refractivity contribution is 7.80. The topological polar surface area (TPSA) is 43.8 Å². The van der Waals surface area contributed by atoms with Gasteiger partial charge in [-0.3, -0.25) is 0 Å². The Morgan fingerprint density at radius 2 is 2.00 bits per heavy atom. The molecule has 2 aromatic carbocycles. The van der Waals surface area contributed by atoms with Crippen molar-refractivity contribution in [1.29, 1.82) is 0 Å². The molecule has 0 aliphatic carbocycles. The Bertz CT molecular complexity index is 839. The van der Waals surface area contributed by atoms with Crippen LogP contribution in [0.3, 0.4) is 0 Å². The third kappa shape index (κ3) is 2.40. The quantitative estimate of drug-likeness (QED) is 0.756. The number of para-hydroxylation sites is 2. The molecule has 0 spiro atoms. The van der Waals surface area contributed by atoms with E-state index in [1.54, 1.807) is 18.2 Å². The van der Waals surface area contributed by atoms with Crippen LogP contribution in [0.2, 0.25) is 0 Å². The molecule has 3 rings (SSSR count). The first-order valence-electron chi connectivity index (χ1n) is 6.57. The number of thiocarbonyl (C=S) groups is 1. The average Bonchev–Trinajstić information content (AvgIpc) is 2.77. The molecule has 0 atom stereocenters. The molecule has 0 aliphatic rings. The first-order chi connectivity index (χ1) is 10.1. The van der Waals surface area contributed by atoms with Crippen LogP contribution >= 0.6 is 12.2 Å². The molecule has 3 aromatic rings. The standard InChI is InChI=1S/C16H14FN3S/c1-10-19-13-7-2-3-8-14(13)20(10)9-11-5-4-6-12(15(11)17)16(18)21/h2-8H,9H2,1H3,(H2,18,21).